The second-order valence-corrected chi connectivity index (χ2v) is 8.82. The Labute approximate surface area is 213 Å². The molecule has 1 aliphatic rings. The summed E-state index contributed by atoms with van der Waals surface area (Å²) in [5, 5.41) is 6.06. The smallest absolute Gasteiger partial charge is 0.369 e. The van der Waals surface area contributed by atoms with E-state index in [-0.39, 0.29) is 11.5 Å². The lowest BCUT2D eigenvalue weighted by Crippen LogP contribution is -2.44. The molecule has 3 heterocycles. The van der Waals surface area contributed by atoms with E-state index in [0.717, 1.165) is 43.8 Å². The molecule has 10 heteroatoms. The summed E-state index contributed by atoms with van der Waals surface area (Å²) in [5.41, 5.74) is 1.89. The van der Waals surface area contributed by atoms with Gasteiger partial charge in [0.25, 0.3) is 0 Å². The minimum Gasteiger partial charge on any atom is -0.369 e. The highest BCUT2D eigenvalue weighted by atomic mass is 19.4. The van der Waals surface area contributed by atoms with Gasteiger partial charge >= 0.3 is 6.18 Å². The van der Waals surface area contributed by atoms with Crippen LogP contribution in [-0.4, -0.2) is 53.1 Å². The van der Waals surface area contributed by atoms with Gasteiger partial charge < -0.3 is 20.4 Å². The summed E-state index contributed by atoms with van der Waals surface area (Å²) < 4.78 is 41.5. The van der Waals surface area contributed by atoms with E-state index < -0.39 is 11.7 Å². The summed E-state index contributed by atoms with van der Waals surface area (Å²) in [6.45, 7) is 3.91. The first-order valence-electron chi connectivity index (χ1n) is 11.9. The molecule has 0 amide bonds. The average molecular weight is 506 g/mol. The fraction of sp³-hybridized carbons (Fsp3) is 0.222. The van der Waals surface area contributed by atoms with E-state index in [1.54, 1.807) is 42.7 Å². The third kappa shape index (κ3) is 5.80. The predicted octanol–water partition coefficient (Wildman–Crippen LogP) is 5.80. The minimum absolute atomic E-state index is 0.123. The molecule has 1 fully saturated rings. The number of likely N-dealkylation sites (N-methyl/N-ethyl adjacent to an activating group) is 1. The van der Waals surface area contributed by atoms with E-state index in [2.05, 4.69) is 42.4 Å². The lowest BCUT2D eigenvalue weighted by atomic mass is 10.1. The van der Waals surface area contributed by atoms with Gasteiger partial charge in [-0.15, -0.1) is 0 Å². The van der Waals surface area contributed by atoms with Gasteiger partial charge in [-0.1, -0.05) is 12.1 Å². The number of pyridine rings is 1. The molecule has 1 aliphatic heterocycles. The van der Waals surface area contributed by atoms with E-state index >= 15 is 0 Å². The lowest BCUT2D eigenvalue weighted by molar-refractivity contribution is -0.137. The molecule has 4 aromatic rings. The fourth-order valence-electron chi connectivity index (χ4n) is 4.19. The third-order valence-electron chi connectivity index (χ3n) is 6.22. The van der Waals surface area contributed by atoms with Crippen LogP contribution in [0.3, 0.4) is 0 Å². The zero-order valence-corrected chi connectivity index (χ0v) is 20.2. The molecule has 37 heavy (non-hydrogen) atoms. The predicted molar refractivity (Wildman–Crippen MR) is 139 cm³/mol. The first kappa shape index (κ1) is 24.5. The van der Waals surface area contributed by atoms with Gasteiger partial charge in [-0.05, 0) is 49.5 Å². The molecule has 190 valence electrons. The van der Waals surface area contributed by atoms with Crippen LogP contribution in [0.1, 0.15) is 5.56 Å². The Morgan fingerprint density at radius 1 is 0.784 bits per heavy atom. The maximum atomic E-state index is 13.8. The number of para-hydroxylation sites is 1. The van der Waals surface area contributed by atoms with Crippen molar-refractivity contribution in [1.29, 1.82) is 0 Å². The number of nitrogens with one attached hydrogen (secondary N) is 2. The number of alkyl halides is 3. The van der Waals surface area contributed by atoms with E-state index in [1.807, 2.05) is 24.3 Å². The maximum Gasteiger partial charge on any atom is 0.419 e. The van der Waals surface area contributed by atoms with Gasteiger partial charge in [-0.2, -0.15) is 13.2 Å². The molecule has 5 rings (SSSR count). The Morgan fingerprint density at radius 3 is 2.19 bits per heavy atom. The second kappa shape index (κ2) is 10.4. The van der Waals surface area contributed by atoms with Crippen molar-refractivity contribution in [3.63, 3.8) is 0 Å². The van der Waals surface area contributed by atoms with E-state index in [9.17, 15) is 13.2 Å². The fourth-order valence-corrected chi connectivity index (χ4v) is 4.19. The number of benzene rings is 2. The van der Waals surface area contributed by atoms with Gasteiger partial charge in [-0.3, -0.25) is 0 Å². The van der Waals surface area contributed by atoms with Crippen molar-refractivity contribution in [3.05, 3.63) is 84.8 Å². The van der Waals surface area contributed by atoms with Gasteiger partial charge in [0.05, 0.1) is 11.3 Å². The molecule has 0 aliphatic carbocycles. The summed E-state index contributed by atoms with van der Waals surface area (Å²) >= 11 is 0. The van der Waals surface area contributed by atoms with Crippen molar-refractivity contribution >= 4 is 28.6 Å². The highest BCUT2D eigenvalue weighted by Gasteiger charge is 2.34. The van der Waals surface area contributed by atoms with E-state index in [0.29, 0.717) is 17.1 Å². The molecule has 2 N–H and O–H groups in total. The number of nitrogens with zero attached hydrogens (tertiary/aromatic N) is 5. The monoisotopic (exact) mass is 505 g/mol. The summed E-state index contributed by atoms with van der Waals surface area (Å²) in [4.78, 5) is 17.1. The Balaban J connectivity index is 1.40. The number of rotatable bonds is 6. The van der Waals surface area contributed by atoms with Crippen molar-refractivity contribution < 1.29 is 13.2 Å². The Bertz CT molecular complexity index is 1340. The van der Waals surface area contributed by atoms with Crippen LogP contribution in [-0.2, 0) is 6.18 Å². The summed E-state index contributed by atoms with van der Waals surface area (Å²) in [6, 6.07) is 17.8. The molecule has 2 aromatic heterocycles. The molecule has 2 aromatic carbocycles. The van der Waals surface area contributed by atoms with Gasteiger partial charge in [0.15, 0.2) is 5.82 Å². The van der Waals surface area contributed by atoms with Crippen LogP contribution in [0.25, 0.3) is 11.4 Å². The first-order valence-corrected chi connectivity index (χ1v) is 11.9. The van der Waals surface area contributed by atoms with Crippen molar-refractivity contribution in [2.75, 3.05) is 48.8 Å². The van der Waals surface area contributed by atoms with Gasteiger partial charge in [-0.25, -0.2) is 15.0 Å². The van der Waals surface area contributed by atoms with Crippen LogP contribution in [0.2, 0.25) is 0 Å². The molecule has 0 spiro atoms. The molecule has 0 atom stereocenters. The molecule has 0 unspecified atom stereocenters. The molecular formula is C27H26F3N7. The van der Waals surface area contributed by atoms with Crippen LogP contribution in [0.15, 0.2) is 79.3 Å². The van der Waals surface area contributed by atoms with Crippen LogP contribution in [0.5, 0.6) is 0 Å². The van der Waals surface area contributed by atoms with Crippen molar-refractivity contribution in [2.24, 2.45) is 0 Å². The largest absolute Gasteiger partial charge is 0.419 e. The number of hydrogen-bond acceptors (Lipinski definition) is 7. The standard InChI is InChI=1S/C27H26F3N7/c1-36-13-15-37(16-14-36)20-9-7-19(8-10-20)34-25-17-24(22(18-33-25)27(28,29)30)35-23-6-3-2-5-21(23)26-31-11-4-12-32-26/h2-12,17-18H,13-16H2,1H3,(H2,33,34,35). The minimum atomic E-state index is -4.59. The van der Waals surface area contributed by atoms with Crippen molar-refractivity contribution in [3.8, 4) is 11.4 Å². The van der Waals surface area contributed by atoms with E-state index in [1.165, 1.54) is 6.07 Å². The molecule has 1 saturated heterocycles. The van der Waals surface area contributed by atoms with E-state index in [4.69, 9.17) is 0 Å². The number of anilines is 5. The normalized spacial score (nSPS) is 14.4. The van der Waals surface area contributed by atoms with Crippen LogP contribution in [0.4, 0.5) is 41.7 Å². The first-order chi connectivity index (χ1) is 17.9. The van der Waals surface area contributed by atoms with Crippen molar-refractivity contribution in [1.82, 2.24) is 19.9 Å². The third-order valence-corrected chi connectivity index (χ3v) is 6.22. The van der Waals surface area contributed by atoms with Crippen molar-refractivity contribution in [2.45, 2.75) is 6.18 Å². The van der Waals surface area contributed by atoms with Crippen LogP contribution in [0, 0.1) is 0 Å². The molecule has 0 radical (unpaired) electrons. The quantitative estimate of drug-likeness (QED) is 0.343. The number of halogens is 3. The van der Waals surface area contributed by atoms with Gasteiger partial charge in [0.1, 0.15) is 5.82 Å². The van der Waals surface area contributed by atoms with Crippen LogP contribution >= 0.6 is 0 Å². The second-order valence-electron chi connectivity index (χ2n) is 8.82. The Kier molecular flexibility index (Phi) is 6.91. The Morgan fingerprint density at radius 2 is 1.49 bits per heavy atom. The van der Waals surface area contributed by atoms with Crippen LogP contribution < -0.4 is 15.5 Å². The Hall–Kier alpha value is -4.18. The molecule has 0 saturated carbocycles. The summed E-state index contributed by atoms with van der Waals surface area (Å²) in [5.74, 6) is 0.697. The lowest BCUT2D eigenvalue weighted by Gasteiger charge is -2.34. The molecular weight excluding hydrogens is 479 g/mol. The number of hydrogen-bond donors (Lipinski definition) is 2. The van der Waals surface area contributed by atoms with Gasteiger partial charge in [0.2, 0.25) is 0 Å². The topological polar surface area (TPSA) is 69.2 Å². The number of piperazine rings is 1. The number of aromatic nitrogens is 3. The highest BCUT2D eigenvalue weighted by molar-refractivity contribution is 5.79. The molecule has 0 bridgehead atoms. The summed E-state index contributed by atoms with van der Waals surface area (Å²) in [6.07, 6.45) is -0.575. The average Bonchev–Trinajstić information content (AvgIpc) is 2.90. The highest BCUT2D eigenvalue weighted by Crippen LogP contribution is 2.38. The zero-order valence-electron chi connectivity index (χ0n) is 20.2. The summed E-state index contributed by atoms with van der Waals surface area (Å²) in [7, 11) is 2.11. The SMILES string of the molecule is CN1CCN(c2ccc(Nc3cc(Nc4ccccc4-c4ncccn4)c(C(F)(F)F)cn3)cc2)CC1. The van der Waals surface area contributed by atoms with Gasteiger partial charge in [0, 0.05) is 73.5 Å². The maximum absolute atomic E-state index is 13.8. The molecule has 7 nitrogen and oxygen atoms in total. The zero-order chi connectivity index (χ0) is 25.8.